The first-order valence-corrected chi connectivity index (χ1v) is 7.86. The van der Waals surface area contributed by atoms with Gasteiger partial charge in [-0.25, -0.2) is 0 Å². The predicted octanol–water partition coefficient (Wildman–Crippen LogP) is 2.05. The molecule has 0 bridgehead atoms. The van der Waals surface area contributed by atoms with Crippen LogP contribution in [0.5, 0.6) is 17.2 Å². The van der Waals surface area contributed by atoms with Crippen molar-refractivity contribution < 1.29 is 31.8 Å². The smallest absolute Gasteiger partial charge is 0.446 e. The van der Waals surface area contributed by atoms with Crippen LogP contribution in [-0.2, 0) is 10.4 Å². The summed E-state index contributed by atoms with van der Waals surface area (Å²) in [7, 11) is -4.68. The quantitative estimate of drug-likeness (QED) is 0.482. The van der Waals surface area contributed by atoms with Gasteiger partial charge in [0.25, 0.3) is 0 Å². The summed E-state index contributed by atoms with van der Waals surface area (Å²) in [6, 6.07) is 8.83. The molecular formula is C15H10O8S. The average molecular weight is 350 g/mol. The summed E-state index contributed by atoms with van der Waals surface area (Å²) in [4.78, 5) is 12.1. The predicted molar refractivity (Wildman–Crippen MR) is 83.4 cm³/mol. The van der Waals surface area contributed by atoms with Crippen molar-refractivity contribution in [3.8, 4) is 28.6 Å². The van der Waals surface area contributed by atoms with Gasteiger partial charge in [-0.05, 0) is 18.2 Å². The van der Waals surface area contributed by atoms with Crippen molar-refractivity contribution in [3.05, 3.63) is 52.7 Å². The Hall–Kier alpha value is -3.04. The molecule has 0 aliphatic carbocycles. The van der Waals surface area contributed by atoms with Crippen molar-refractivity contribution in [2.75, 3.05) is 0 Å². The highest BCUT2D eigenvalue weighted by molar-refractivity contribution is 7.81. The van der Waals surface area contributed by atoms with Crippen molar-refractivity contribution >= 4 is 21.4 Å². The van der Waals surface area contributed by atoms with E-state index in [-0.39, 0.29) is 22.5 Å². The molecule has 3 aromatic rings. The van der Waals surface area contributed by atoms with Gasteiger partial charge in [-0.3, -0.25) is 9.35 Å². The van der Waals surface area contributed by atoms with Gasteiger partial charge in [0.2, 0.25) is 0 Å². The van der Waals surface area contributed by atoms with Gasteiger partial charge >= 0.3 is 10.4 Å². The molecule has 0 radical (unpaired) electrons. The van der Waals surface area contributed by atoms with E-state index in [9.17, 15) is 23.4 Å². The summed E-state index contributed by atoms with van der Waals surface area (Å²) < 4.78 is 40.1. The Morgan fingerprint density at radius 1 is 1.00 bits per heavy atom. The van der Waals surface area contributed by atoms with E-state index in [4.69, 9.17) is 8.97 Å². The average Bonchev–Trinajstić information content (AvgIpc) is 2.48. The molecule has 0 fully saturated rings. The number of rotatable bonds is 3. The SMILES string of the molecule is O=c1cc(-c2cccc(OS(=O)(=O)O)c2)oc2cc(O)c(O)cc12. The summed E-state index contributed by atoms with van der Waals surface area (Å²) >= 11 is 0. The van der Waals surface area contributed by atoms with Crippen LogP contribution in [0, 0.1) is 0 Å². The zero-order chi connectivity index (χ0) is 17.5. The van der Waals surface area contributed by atoms with E-state index in [2.05, 4.69) is 4.18 Å². The molecule has 0 aliphatic rings. The van der Waals surface area contributed by atoms with Crippen molar-refractivity contribution in [2.45, 2.75) is 0 Å². The second kappa shape index (κ2) is 5.55. The van der Waals surface area contributed by atoms with E-state index in [1.807, 2.05) is 0 Å². The minimum Gasteiger partial charge on any atom is -0.504 e. The first-order chi connectivity index (χ1) is 11.2. The number of benzene rings is 2. The van der Waals surface area contributed by atoms with E-state index in [1.54, 1.807) is 0 Å². The Kier molecular flexibility index (Phi) is 3.66. The topological polar surface area (TPSA) is 134 Å². The monoisotopic (exact) mass is 350 g/mol. The second-order valence-corrected chi connectivity index (χ2v) is 5.87. The number of hydrogen-bond acceptors (Lipinski definition) is 7. The number of hydrogen-bond donors (Lipinski definition) is 3. The first-order valence-electron chi connectivity index (χ1n) is 6.50. The Morgan fingerprint density at radius 3 is 2.42 bits per heavy atom. The molecular weight excluding hydrogens is 340 g/mol. The maximum atomic E-state index is 12.1. The third-order valence-electron chi connectivity index (χ3n) is 3.14. The molecule has 0 amide bonds. The lowest BCUT2D eigenvalue weighted by molar-refractivity contribution is 0.387. The van der Waals surface area contributed by atoms with E-state index >= 15 is 0 Å². The van der Waals surface area contributed by atoms with E-state index < -0.39 is 27.3 Å². The van der Waals surface area contributed by atoms with Crippen molar-refractivity contribution in [1.82, 2.24) is 0 Å². The molecule has 3 rings (SSSR count). The Balaban J connectivity index is 2.15. The number of aromatic hydroxyl groups is 2. The minimum atomic E-state index is -4.68. The highest BCUT2D eigenvalue weighted by atomic mass is 32.3. The number of phenols is 2. The van der Waals surface area contributed by atoms with Crippen LogP contribution >= 0.6 is 0 Å². The molecule has 0 atom stereocenters. The lowest BCUT2D eigenvalue weighted by atomic mass is 10.1. The summed E-state index contributed by atoms with van der Waals surface area (Å²) in [5.74, 6) is -0.998. The fraction of sp³-hybridized carbons (Fsp3) is 0. The van der Waals surface area contributed by atoms with Crippen molar-refractivity contribution in [3.63, 3.8) is 0 Å². The zero-order valence-corrected chi connectivity index (χ0v) is 12.6. The van der Waals surface area contributed by atoms with Gasteiger partial charge in [-0.15, -0.1) is 0 Å². The summed E-state index contributed by atoms with van der Waals surface area (Å²) in [6.45, 7) is 0. The van der Waals surface area contributed by atoms with Gasteiger partial charge in [0.15, 0.2) is 16.9 Å². The summed E-state index contributed by atoms with van der Waals surface area (Å²) in [5.41, 5.74) is -0.126. The Bertz CT molecular complexity index is 1100. The lowest BCUT2D eigenvalue weighted by Crippen LogP contribution is -2.06. The van der Waals surface area contributed by atoms with Crippen LogP contribution < -0.4 is 9.61 Å². The Labute approximate surface area is 135 Å². The number of fused-ring (bicyclic) bond motifs is 1. The van der Waals surface area contributed by atoms with Gasteiger partial charge in [0.1, 0.15) is 17.1 Å². The van der Waals surface area contributed by atoms with Gasteiger partial charge in [0.05, 0.1) is 5.39 Å². The van der Waals surface area contributed by atoms with E-state index in [0.717, 1.165) is 18.2 Å². The molecule has 0 unspecified atom stereocenters. The van der Waals surface area contributed by atoms with Gasteiger partial charge in [-0.2, -0.15) is 8.42 Å². The van der Waals surface area contributed by atoms with Crippen LogP contribution in [0.15, 0.2) is 51.7 Å². The molecule has 0 saturated heterocycles. The molecule has 9 heteroatoms. The fourth-order valence-corrected chi connectivity index (χ4v) is 2.49. The van der Waals surface area contributed by atoms with Crippen LogP contribution in [0.4, 0.5) is 0 Å². The molecule has 0 aliphatic heterocycles. The molecule has 0 spiro atoms. The largest absolute Gasteiger partial charge is 0.504 e. The highest BCUT2D eigenvalue weighted by Gasteiger charge is 2.12. The fourth-order valence-electron chi connectivity index (χ4n) is 2.14. The van der Waals surface area contributed by atoms with E-state index in [0.29, 0.717) is 5.56 Å². The summed E-state index contributed by atoms with van der Waals surface area (Å²) in [5, 5.41) is 19.0. The van der Waals surface area contributed by atoms with Gasteiger partial charge in [-0.1, -0.05) is 12.1 Å². The molecule has 8 nitrogen and oxygen atoms in total. The van der Waals surface area contributed by atoms with Crippen LogP contribution in [0.3, 0.4) is 0 Å². The zero-order valence-electron chi connectivity index (χ0n) is 11.8. The molecule has 24 heavy (non-hydrogen) atoms. The maximum Gasteiger partial charge on any atom is 0.446 e. The standard InChI is InChI=1S/C15H10O8S/c16-11-6-14(22-15-7-13(18)12(17)5-10(11)15)8-2-1-3-9(4-8)23-24(19,20)21/h1-7,17-18H,(H,19,20,21). The van der Waals surface area contributed by atoms with Crippen LogP contribution in [-0.4, -0.2) is 23.2 Å². The third kappa shape index (κ3) is 3.16. The minimum absolute atomic E-state index is 0.0360. The Morgan fingerprint density at radius 2 is 1.71 bits per heavy atom. The molecule has 124 valence electrons. The van der Waals surface area contributed by atoms with Crippen LogP contribution in [0.2, 0.25) is 0 Å². The molecule has 1 heterocycles. The lowest BCUT2D eigenvalue weighted by Gasteiger charge is -2.06. The molecule has 0 saturated carbocycles. The van der Waals surface area contributed by atoms with Crippen LogP contribution in [0.1, 0.15) is 0 Å². The van der Waals surface area contributed by atoms with Crippen LogP contribution in [0.25, 0.3) is 22.3 Å². The van der Waals surface area contributed by atoms with Gasteiger partial charge in [0, 0.05) is 17.7 Å². The molecule has 1 aromatic heterocycles. The normalized spacial score (nSPS) is 11.5. The second-order valence-electron chi connectivity index (χ2n) is 4.85. The highest BCUT2D eigenvalue weighted by Crippen LogP contribution is 2.31. The van der Waals surface area contributed by atoms with E-state index in [1.165, 1.54) is 24.3 Å². The maximum absolute atomic E-state index is 12.1. The summed E-state index contributed by atoms with van der Waals surface area (Å²) in [6.07, 6.45) is 0. The molecule has 2 aromatic carbocycles. The third-order valence-corrected chi connectivity index (χ3v) is 3.55. The van der Waals surface area contributed by atoms with Crippen molar-refractivity contribution in [2.24, 2.45) is 0 Å². The first kappa shape index (κ1) is 15.8. The van der Waals surface area contributed by atoms with Gasteiger partial charge < -0.3 is 18.8 Å². The van der Waals surface area contributed by atoms with Crippen molar-refractivity contribution in [1.29, 1.82) is 0 Å². The number of phenolic OH excluding ortho intramolecular Hbond substituents is 2. The molecule has 3 N–H and O–H groups in total.